The number of rotatable bonds is 5. The number of hydrogen-bond donors (Lipinski definition) is 0. The normalized spacial score (nSPS) is 14.9. The summed E-state index contributed by atoms with van der Waals surface area (Å²) in [4.78, 5) is 25.5. The fourth-order valence-corrected chi connectivity index (χ4v) is 4.74. The minimum Gasteiger partial charge on any atom is -0.495 e. The average molecular weight is 460 g/mol. The van der Waals surface area contributed by atoms with Crippen molar-refractivity contribution >= 4 is 27.5 Å². The number of amides is 1. The number of aryl methyl sites for hydroxylation is 1. The number of benzene rings is 1. The highest BCUT2D eigenvalue weighted by Gasteiger charge is 2.27. The molecule has 1 saturated heterocycles. The highest BCUT2D eigenvalue weighted by atomic mass is 32.2. The Hall–Kier alpha value is -3.25. The first kappa shape index (κ1) is 22.0. The molecule has 0 unspecified atom stereocenters. The van der Waals surface area contributed by atoms with E-state index in [4.69, 9.17) is 4.74 Å². The van der Waals surface area contributed by atoms with Crippen LogP contribution in [0.1, 0.15) is 16.1 Å². The van der Waals surface area contributed by atoms with Crippen molar-refractivity contribution in [3.05, 3.63) is 41.9 Å². The second kappa shape index (κ2) is 8.36. The summed E-state index contributed by atoms with van der Waals surface area (Å²) in [6, 6.07) is 6.43. The summed E-state index contributed by atoms with van der Waals surface area (Å²) in [6.45, 7) is 4.07. The van der Waals surface area contributed by atoms with Crippen LogP contribution >= 0.6 is 0 Å². The second-order valence-corrected chi connectivity index (χ2v) is 9.78. The second-order valence-electron chi connectivity index (χ2n) is 7.66. The maximum atomic E-state index is 13.1. The van der Waals surface area contributed by atoms with E-state index in [2.05, 4.69) is 20.0 Å². The van der Waals surface area contributed by atoms with Crippen LogP contribution in [0.15, 0.2) is 35.5 Å². The van der Waals surface area contributed by atoms with Crippen molar-refractivity contribution in [1.29, 1.82) is 0 Å². The van der Waals surface area contributed by atoms with Gasteiger partial charge in [0.2, 0.25) is 10.0 Å². The first-order valence-electron chi connectivity index (χ1n) is 10.0. The van der Waals surface area contributed by atoms with Gasteiger partial charge in [-0.2, -0.15) is 14.6 Å². The van der Waals surface area contributed by atoms with E-state index < -0.39 is 10.0 Å². The van der Waals surface area contributed by atoms with Crippen LogP contribution in [0.5, 0.6) is 5.75 Å². The zero-order valence-electron chi connectivity index (χ0n) is 18.4. The lowest BCUT2D eigenvalue weighted by molar-refractivity contribution is 0.0746. The number of sulfonamides is 1. The minimum absolute atomic E-state index is 0.0321. The molecule has 1 fully saturated rings. The quantitative estimate of drug-likeness (QED) is 0.547. The van der Waals surface area contributed by atoms with Crippen molar-refractivity contribution in [1.82, 2.24) is 28.8 Å². The molecule has 32 heavy (non-hydrogen) atoms. The SMILES string of the molecule is COc1ccc(C(=O)N2CCN(c3cc(C)nc4ncnn34)CC2)cc1S(=O)(=O)N(C)C. The van der Waals surface area contributed by atoms with Crippen molar-refractivity contribution in [2.75, 3.05) is 52.3 Å². The van der Waals surface area contributed by atoms with Gasteiger partial charge in [-0.1, -0.05) is 0 Å². The smallest absolute Gasteiger partial charge is 0.254 e. The molecule has 11 nitrogen and oxygen atoms in total. The Labute approximate surface area is 186 Å². The highest BCUT2D eigenvalue weighted by molar-refractivity contribution is 7.89. The molecule has 3 heterocycles. The summed E-state index contributed by atoms with van der Waals surface area (Å²) in [6.07, 6.45) is 1.47. The lowest BCUT2D eigenvalue weighted by Crippen LogP contribution is -2.49. The molecule has 1 amide bonds. The lowest BCUT2D eigenvalue weighted by Gasteiger charge is -2.36. The summed E-state index contributed by atoms with van der Waals surface area (Å²) in [7, 11) is 0.517. The number of carbonyl (C=O) groups is 1. The largest absolute Gasteiger partial charge is 0.495 e. The van der Waals surface area contributed by atoms with Gasteiger partial charge < -0.3 is 14.5 Å². The summed E-state index contributed by atoms with van der Waals surface area (Å²) >= 11 is 0. The molecule has 0 aliphatic carbocycles. The van der Waals surface area contributed by atoms with Crippen molar-refractivity contribution in [3.63, 3.8) is 0 Å². The van der Waals surface area contributed by atoms with Gasteiger partial charge in [-0.3, -0.25) is 4.79 Å². The summed E-state index contributed by atoms with van der Waals surface area (Å²) < 4.78 is 33.3. The molecule has 0 bridgehead atoms. The van der Waals surface area contributed by atoms with E-state index in [0.717, 1.165) is 15.8 Å². The van der Waals surface area contributed by atoms with Gasteiger partial charge in [0.25, 0.3) is 11.7 Å². The molecular weight excluding hydrogens is 434 g/mol. The molecule has 0 saturated carbocycles. The number of anilines is 1. The molecule has 4 rings (SSSR count). The third kappa shape index (κ3) is 3.86. The number of carbonyl (C=O) groups excluding carboxylic acids is 1. The van der Waals surface area contributed by atoms with E-state index in [-0.39, 0.29) is 16.6 Å². The Balaban J connectivity index is 1.54. The van der Waals surface area contributed by atoms with Crippen LogP contribution in [0.4, 0.5) is 5.82 Å². The number of hydrogen-bond acceptors (Lipinski definition) is 8. The molecule has 1 aliphatic heterocycles. The summed E-state index contributed by atoms with van der Waals surface area (Å²) in [5, 5.41) is 4.25. The first-order valence-corrected chi connectivity index (χ1v) is 11.5. The fraction of sp³-hybridized carbons (Fsp3) is 0.400. The Morgan fingerprint density at radius 2 is 1.84 bits per heavy atom. The first-order chi connectivity index (χ1) is 15.2. The van der Waals surface area contributed by atoms with Crippen LogP contribution in [0.2, 0.25) is 0 Å². The van der Waals surface area contributed by atoms with Gasteiger partial charge in [0.05, 0.1) is 7.11 Å². The van der Waals surface area contributed by atoms with E-state index >= 15 is 0 Å². The van der Waals surface area contributed by atoms with Gasteiger partial charge in [0.1, 0.15) is 22.8 Å². The molecular formula is C20H25N7O4S. The summed E-state index contributed by atoms with van der Waals surface area (Å²) in [5.41, 5.74) is 1.14. The molecule has 2 aromatic heterocycles. The molecule has 0 spiro atoms. The van der Waals surface area contributed by atoms with Gasteiger partial charge in [-0.05, 0) is 25.1 Å². The third-order valence-corrected chi connectivity index (χ3v) is 7.26. The minimum atomic E-state index is -3.76. The molecule has 0 N–H and O–H groups in total. The number of methoxy groups -OCH3 is 1. The molecule has 3 aromatic rings. The summed E-state index contributed by atoms with van der Waals surface area (Å²) in [5.74, 6) is 1.39. The average Bonchev–Trinajstić information content (AvgIpc) is 3.26. The Morgan fingerprint density at radius 1 is 1.12 bits per heavy atom. The van der Waals surface area contributed by atoms with Crippen LogP contribution in [0.3, 0.4) is 0 Å². The molecule has 0 radical (unpaired) electrons. The zero-order chi connectivity index (χ0) is 23.0. The number of nitrogens with zero attached hydrogens (tertiary/aromatic N) is 7. The van der Waals surface area contributed by atoms with Crippen molar-refractivity contribution < 1.29 is 17.9 Å². The van der Waals surface area contributed by atoms with Gasteiger partial charge in [0.15, 0.2) is 0 Å². The van der Waals surface area contributed by atoms with Gasteiger partial charge in [-0.15, -0.1) is 0 Å². The monoisotopic (exact) mass is 459 g/mol. The zero-order valence-corrected chi connectivity index (χ0v) is 19.2. The standard InChI is InChI=1S/C20H25N7O4S/c1-14-11-18(27-20(23-14)21-13-22-27)25-7-9-26(10-8-25)19(28)15-5-6-16(31-4)17(12-15)32(29,30)24(2)3/h5-6,11-13H,7-10H2,1-4H3. The molecule has 170 valence electrons. The van der Waals surface area contributed by atoms with E-state index in [0.29, 0.717) is 37.5 Å². The van der Waals surface area contributed by atoms with E-state index in [1.54, 1.807) is 15.5 Å². The van der Waals surface area contributed by atoms with Crippen molar-refractivity contribution in [3.8, 4) is 5.75 Å². The van der Waals surface area contributed by atoms with Crippen LogP contribution in [-0.2, 0) is 10.0 Å². The third-order valence-electron chi connectivity index (χ3n) is 5.42. The van der Waals surface area contributed by atoms with Crippen LogP contribution in [0.25, 0.3) is 5.78 Å². The molecule has 1 aliphatic rings. The number of ether oxygens (including phenoxy) is 1. The maximum Gasteiger partial charge on any atom is 0.254 e. The van der Waals surface area contributed by atoms with Crippen LogP contribution in [-0.4, -0.2) is 90.5 Å². The number of piperazine rings is 1. The number of aromatic nitrogens is 4. The van der Waals surface area contributed by atoms with Gasteiger partial charge in [0, 0.05) is 57.6 Å². The Morgan fingerprint density at radius 3 is 2.50 bits per heavy atom. The van der Waals surface area contributed by atoms with Gasteiger partial charge >= 0.3 is 0 Å². The van der Waals surface area contributed by atoms with Crippen molar-refractivity contribution in [2.24, 2.45) is 0 Å². The fourth-order valence-electron chi connectivity index (χ4n) is 3.67. The lowest BCUT2D eigenvalue weighted by atomic mass is 10.1. The number of fused-ring (bicyclic) bond motifs is 1. The Kier molecular flexibility index (Phi) is 5.73. The van der Waals surface area contributed by atoms with Crippen molar-refractivity contribution in [2.45, 2.75) is 11.8 Å². The van der Waals surface area contributed by atoms with E-state index in [1.165, 1.54) is 39.7 Å². The van der Waals surface area contributed by atoms with Crippen LogP contribution in [0, 0.1) is 6.92 Å². The Bertz CT molecular complexity index is 1260. The van der Waals surface area contributed by atoms with Gasteiger partial charge in [-0.25, -0.2) is 17.7 Å². The maximum absolute atomic E-state index is 13.1. The van der Waals surface area contributed by atoms with E-state index in [9.17, 15) is 13.2 Å². The topological polar surface area (TPSA) is 113 Å². The molecule has 0 atom stereocenters. The molecule has 1 aromatic carbocycles. The van der Waals surface area contributed by atoms with E-state index in [1.807, 2.05) is 13.0 Å². The predicted molar refractivity (Wildman–Crippen MR) is 118 cm³/mol. The predicted octanol–water partition coefficient (Wildman–Crippen LogP) is 0.654. The van der Waals surface area contributed by atoms with Crippen LogP contribution < -0.4 is 9.64 Å². The highest BCUT2D eigenvalue weighted by Crippen LogP contribution is 2.28. The molecule has 12 heteroatoms.